The molecule has 3 aromatic rings. The minimum absolute atomic E-state index is 0.274. The van der Waals surface area contributed by atoms with Crippen molar-refractivity contribution in [1.82, 2.24) is 4.57 Å². The van der Waals surface area contributed by atoms with E-state index in [1.54, 1.807) is 21.1 Å². The van der Waals surface area contributed by atoms with Crippen molar-refractivity contribution < 1.29 is 19.0 Å². The van der Waals surface area contributed by atoms with Gasteiger partial charge in [0.15, 0.2) is 11.5 Å². The molecule has 0 bridgehead atoms. The van der Waals surface area contributed by atoms with Crippen LogP contribution >= 0.6 is 0 Å². The third-order valence-corrected chi connectivity index (χ3v) is 5.74. The van der Waals surface area contributed by atoms with Crippen LogP contribution in [0.2, 0.25) is 0 Å². The van der Waals surface area contributed by atoms with E-state index in [-0.39, 0.29) is 6.61 Å². The molecule has 0 unspecified atom stereocenters. The molecule has 0 fully saturated rings. The van der Waals surface area contributed by atoms with Crippen molar-refractivity contribution >= 4 is 17.3 Å². The molecule has 2 aromatic carbocycles. The highest BCUT2D eigenvalue weighted by Gasteiger charge is 2.32. The van der Waals surface area contributed by atoms with Gasteiger partial charge in [0.1, 0.15) is 11.3 Å². The number of aromatic nitrogens is 1. The van der Waals surface area contributed by atoms with Gasteiger partial charge in [0, 0.05) is 17.8 Å². The van der Waals surface area contributed by atoms with Crippen molar-refractivity contribution in [2.45, 2.75) is 33.7 Å². The first-order valence-corrected chi connectivity index (χ1v) is 10.6. The molecule has 1 aromatic heterocycles. The number of esters is 1. The Kier molecular flexibility index (Phi) is 5.99. The van der Waals surface area contributed by atoms with Crippen LogP contribution in [0.1, 0.15) is 34.1 Å². The van der Waals surface area contributed by atoms with Gasteiger partial charge in [-0.25, -0.2) is 4.79 Å². The van der Waals surface area contributed by atoms with Crippen molar-refractivity contribution in [3.63, 3.8) is 0 Å². The van der Waals surface area contributed by atoms with Gasteiger partial charge >= 0.3 is 5.97 Å². The largest absolute Gasteiger partial charge is 0.493 e. The van der Waals surface area contributed by atoms with Crippen LogP contribution in [0.25, 0.3) is 11.3 Å². The first kappa shape index (κ1) is 21.6. The lowest BCUT2D eigenvalue weighted by molar-refractivity contribution is 0.0528. The van der Waals surface area contributed by atoms with Gasteiger partial charge in [-0.3, -0.25) is 0 Å². The van der Waals surface area contributed by atoms with E-state index in [2.05, 4.69) is 14.8 Å². The number of methoxy groups -OCH3 is 2. The van der Waals surface area contributed by atoms with Crippen LogP contribution in [0.4, 0.5) is 11.4 Å². The molecule has 0 aliphatic carbocycles. The second-order valence-corrected chi connectivity index (χ2v) is 7.68. The second kappa shape index (κ2) is 8.86. The van der Waals surface area contributed by atoms with Crippen LogP contribution in [0, 0.1) is 13.8 Å². The van der Waals surface area contributed by atoms with Gasteiger partial charge in [0.2, 0.25) is 0 Å². The molecule has 0 radical (unpaired) electrons. The second-order valence-electron chi connectivity index (χ2n) is 7.68. The number of hydrogen-bond donors (Lipinski definition) is 0. The summed E-state index contributed by atoms with van der Waals surface area (Å²) in [6, 6.07) is 11.7. The molecule has 2 heterocycles. The summed E-state index contributed by atoms with van der Waals surface area (Å²) in [5.74, 6) is 0.862. The van der Waals surface area contributed by atoms with E-state index < -0.39 is 5.97 Å². The van der Waals surface area contributed by atoms with E-state index in [9.17, 15) is 4.79 Å². The topological polar surface area (TPSA) is 74.4 Å². The number of ether oxygens (including phenoxy) is 3. The van der Waals surface area contributed by atoms with Crippen LogP contribution < -0.4 is 9.47 Å². The molecule has 7 heteroatoms. The highest BCUT2D eigenvalue weighted by atomic mass is 16.5. The number of carbonyl (C=O) groups excluding carboxylic acids is 1. The summed E-state index contributed by atoms with van der Waals surface area (Å²) in [6.45, 7) is 6.77. The lowest BCUT2D eigenvalue weighted by Gasteiger charge is -2.23. The third-order valence-electron chi connectivity index (χ3n) is 5.74. The zero-order valence-corrected chi connectivity index (χ0v) is 19.1. The Bertz CT molecular complexity index is 1190. The van der Waals surface area contributed by atoms with E-state index in [0.717, 1.165) is 46.7 Å². The van der Waals surface area contributed by atoms with Crippen LogP contribution in [0.3, 0.4) is 0 Å². The number of fused-ring (bicyclic) bond motifs is 3. The van der Waals surface area contributed by atoms with Gasteiger partial charge in [0.25, 0.3) is 0 Å². The van der Waals surface area contributed by atoms with Crippen molar-refractivity contribution in [1.29, 1.82) is 0 Å². The fourth-order valence-electron chi connectivity index (χ4n) is 4.10. The number of benzene rings is 2. The van der Waals surface area contributed by atoms with Crippen LogP contribution in [-0.2, 0) is 17.7 Å². The Morgan fingerprint density at radius 3 is 2.38 bits per heavy atom. The Morgan fingerprint density at radius 2 is 1.72 bits per heavy atom. The molecule has 0 atom stereocenters. The standard InChI is InChI=1S/C25H27N3O4/c1-6-32-25(29)22-23(27-26-18-9-7-15(2)8-10-18)16(3)28-12-11-17-13-20(30-4)21(31-5)14-19(17)24(22)28/h7-10,13-14H,6,11-12H2,1-5H3. The maximum absolute atomic E-state index is 13.1. The predicted octanol–water partition coefficient (Wildman–Crippen LogP) is 5.94. The number of azo groups is 1. The van der Waals surface area contributed by atoms with E-state index in [1.807, 2.05) is 50.2 Å². The SMILES string of the molecule is CCOC(=O)c1c(N=Nc2ccc(C)cc2)c(C)n2c1-c1cc(OC)c(OC)cc1CC2. The fraction of sp³-hybridized carbons (Fsp3) is 0.320. The molecule has 7 nitrogen and oxygen atoms in total. The Labute approximate surface area is 187 Å². The van der Waals surface area contributed by atoms with E-state index >= 15 is 0 Å². The maximum Gasteiger partial charge on any atom is 0.342 e. The number of hydrogen-bond acceptors (Lipinski definition) is 6. The van der Waals surface area contributed by atoms with Crippen molar-refractivity contribution in [2.75, 3.05) is 20.8 Å². The molecule has 1 aliphatic rings. The van der Waals surface area contributed by atoms with Crippen LogP contribution in [0.5, 0.6) is 11.5 Å². The lowest BCUT2D eigenvalue weighted by atomic mass is 9.95. The molecule has 32 heavy (non-hydrogen) atoms. The van der Waals surface area contributed by atoms with Gasteiger partial charge in [-0.1, -0.05) is 17.7 Å². The monoisotopic (exact) mass is 433 g/mol. The average molecular weight is 434 g/mol. The highest BCUT2D eigenvalue weighted by molar-refractivity contribution is 6.03. The minimum Gasteiger partial charge on any atom is -0.493 e. The van der Waals surface area contributed by atoms with Gasteiger partial charge in [0.05, 0.1) is 32.2 Å². The summed E-state index contributed by atoms with van der Waals surface area (Å²) in [6.07, 6.45) is 0.801. The molecule has 4 rings (SSSR count). The van der Waals surface area contributed by atoms with Crippen LogP contribution in [0.15, 0.2) is 46.6 Å². The van der Waals surface area contributed by atoms with Crippen molar-refractivity contribution in [3.05, 3.63) is 58.8 Å². The van der Waals surface area contributed by atoms with Gasteiger partial charge in [-0.2, -0.15) is 5.11 Å². The lowest BCUT2D eigenvalue weighted by Crippen LogP contribution is -2.15. The quantitative estimate of drug-likeness (QED) is 0.356. The fourth-order valence-corrected chi connectivity index (χ4v) is 4.10. The molecule has 0 N–H and O–H groups in total. The minimum atomic E-state index is -0.412. The van der Waals surface area contributed by atoms with Gasteiger partial charge in [-0.15, -0.1) is 5.11 Å². The Hall–Kier alpha value is -3.61. The molecule has 166 valence electrons. The summed E-state index contributed by atoms with van der Waals surface area (Å²) in [5.41, 5.74) is 6.47. The first-order valence-electron chi connectivity index (χ1n) is 10.6. The maximum atomic E-state index is 13.1. The van der Waals surface area contributed by atoms with Crippen LogP contribution in [-0.4, -0.2) is 31.4 Å². The van der Waals surface area contributed by atoms with Gasteiger partial charge in [-0.05, 0) is 57.0 Å². The number of aryl methyl sites for hydroxylation is 2. The molecule has 1 aliphatic heterocycles. The predicted molar refractivity (Wildman–Crippen MR) is 123 cm³/mol. The molecular weight excluding hydrogens is 406 g/mol. The van der Waals surface area contributed by atoms with Crippen molar-refractivity contribution in [3.8, 4) is 22.8 Å². The summed E-state index contributed by atoms with van der Waals surface area (Å²) in [7, 11) is 3.22. The average Bonchev–Trinajstić information content (AvgIpc) is 3.09. The number of carbonyl (C=O) groups is 1. The van der Waals surface area contributed by atoms with Gasteiger partial charge < -0.3 is 18.8 Å². The first-order chi connectivity index (χ1) is 15.5. The Morgan fingerprint density at radius 1 is 1.03 bits per heavy atom. The molecule has 0 saturated carbocycles. The third kappa shape index (κ3) is 3.75. The normalized spacial score (nSPS) is 12.4. The summed E-state index contributed by atoms with van der Waals surface area (Å²) in [4.78, 5) is 13.1. The number of rotatable bonds is 6. The zero-order valence-electron chi connectivity index (χ0n) is 19.1. The molecular formula is C25H27N3O4. The molecule has 0 saturated heterocycles. The highest BCUT2D eigenvalue weighted by Crippen LogP contribution is 2.45. The number of nitrogens with zero attached hydrogens (tertiary/aromatic N) is 3. The molecule has 0 amide bonds. The smallest absolute Gasteiger partial charge is 0.342 e. The zero-order chi connectivity index (χ0) is 22.8. The molecule has 0 spiro atoms. The summed E-state index contributed by atoms with van der Waals surface area (Å²) >= 11 is 0. The summed E-state index contributed by atoms with van der Waals surface area (Å²) in [5, 5.41) is 8.91. The van der Waals surface area contributed by atoms with E-state index in [4.69, 9.17) is 14.2 Å². The van der Waals surface area contributed by atoms with E-state index in [0.29, 0.717) is 22.7 Å². The van der Waals surface area contributed by atoms with Crippen molar-refractivity contribution in [2.24, 2.45) is 10.2 Å². The summed E-state index contributed by atoms with van der Waals surface area (Å²) < 4.78 is 18.5. The van der Waals surface area contributed by atoms with E-state index in [1.165, 1.54) is 0 Å². The Balaban J connectivity index is 1.91.